The van der Waals surface area contributed by atoms with E-state index in [4.69, 9.17) is 9.47 Å². The minimum absolute atomic E-state index is 0.225. The summed E-state index contributed by atoms with van der Waals surface area (Å²) in [7, 11) is -0.410. The molecule has 140 valence electrons. The van der Waals surface area contributed by atoms with E-state index in [1.807, 2.05) is 32.0 Å². The van der Waals surface area contributed by atoms with Crippen molar-refractivity contribution >= 4 is 10.0 Å². The SMILES string of the molecule is COc1ccc2c(c1)CCC[C@H]2NS(=O)(=O)c1ccc(OC)c(C)c1C. The number of ether oxygens (including phenoxy) is 2. The summed E-state index contributed by atoms with van der Waals surface area (Å²) in [5, 5.41) is 0. The molecule has 1 aliphatic carbocycles. The second kappa shape index (κ2) is 7.29. The lowest BCUT2D eigenvalue weighted by Crippen LogP contribution is -2.31. The third kappa shape index (κ3) is 3.44. The summed E-state index contributed by atoms with van der Waals surface area (Å²) in [6, 6.07) is 8.94. The maximum Gasteiger partial charge on any atom is 0.241 e. The van der Waals surface area contributed by atoms with Gasteiger partial charge in [0, 0.05) is 6.04 Å². The molecule has 6 heteroatoms. The second-order valence-corrected chi connectivity index (χ2v) is 8.33. The molecule has 0 fully saturated rings. The number of benzene rings is 2. The highest BCUT2D eigenvalue weighted by Crippen LogP contribution is 2.34. The molecule has 1 atom stereocenters. The van der Waals surface area contributed by atoms with Crippen molar-refractivity contribution in [2.75, 3.05) is 14.2 Å². The molecule has 0 radical (unpaired) electrons. The zero-order valence-electron chi connectivity index (χ0n) is 15.6. The fourth-order valence-corrected chi connectivity index (χ4v) is 5.12. The Morgan fingerprint density at radius 3 is 2.50 bits per heavy atom. The van der Waals surface area contributed by atoms with Crippen LogP contribution in [0.2, 0.25) is 0 Å². The van der Waals surface area contributed by atoms with Gasteiger partial charge in [0.05, 0.1) is 19.1 Å². The number of sulfonamides is 1. The van der Waals surface area contributed by atoms with Crippen LogP contribution in [-0.2, 0) is 16.4 Å². The third-order valence-electron chi connectivity index (χ3n) is 5.16. The van der Waals surface area contributed by atoms with Gasteiger partial charge < -0.3 is 9.47 Å². The molecule has 1 aliphatic rings. The average Bonchev–Trinajstić information content (AvgIpc) is 2.63. The minimum atomic E-state index is -3.63. The van der Waals surface area contributed by atoms with Gasteiger partial charge in [0.15, 0.2) is 0 Å². The zero-order valence-corrected chi connectivity index (χ0v) is 16.4. The largest absolute Gasteiger partial charge is 0.497 e. The number of fused-ring (bicyclic) bond motifs is 1. The van der Waals surface area contributed by atoms with E-state index in [1.165, 1.54) is 0 Å². The van der Waals surface area contributed by atoms with Crippen molar-refractivity contribution < 1.29 is 17.9 Å². The summed E-state index contributed by atoms with van der Waals surface area (Å²) in [6.07, 6.45) is 2.66. The van der Waals surface area contributed by atoms with E-state index >= 15 is 0 Å². The Labute approximate surface area is 155 Å². The number of hydrogen-bond acceptors (Lipinski definition) is 4. The molecule has 1 N–H and O–H groups in total. The van der Waals surface area contributed by atoms with Crippen molar-refractivity contribution in [1.29, 1.82) is 0 Å². The number of methoxy groups -OCH3 is 2. The molecule has 5 nitrogen and oxygen atoms in total. The van der Waals surface area contributed by atoms with Crippen molar-refractivity contribution in [3.63, 3.8) is 0 Å². The van der Waals surface area contributed by atoms with E-state index in [2.05, 4.69) is 4.72 Å². The smallest absolute Gasteiger partial charge is 0.241 e. The van der Waals surface area contributed by atoms with E-state index in [0.29, 0.717) is 16.2 Å². The normalized spacial score (nSPS) is 16.8. The molecule has 2 aromatic carbocycles. The first-order chi connectivity index (χ1) is 12.4. The van der Waals surface area contributed by atoms with Gasteiger partial charge in [-0.05, 0) is 79.6 Å². The molecule has 0 spiro atoms. The molecule has 26 heavy (non-hydrogen) atoms. The molecular formula is C20H25NO4S. The van der Waals surface area contributed by atoms with Crippen LogP contribution in [0.1, 0.15) is 41.1 Å². The Kier molecular flexibility index (Phi) is 5.25. The average molecular weight is 375 g/mol. The quantitative estimate of drug-likeness (QED) is 0.866. The molecule has 0 heterocycles. The molecule has 0 unspecified atom stereocenters. The molecule has 3 rings (SSSR count). The molecule has 0 saturated heterocycles. The van der Waals surface area contributed by atoms with Gasteiger partial charge in [0.1, 0.15) is 11.5 Å². The molecule has 2 aromatic rings. The highest BCUT2D eigenvalue weighted by Gasteiger charge is 2.27. The van der Waals surface area contributed by atoms with Crippen LogP contribution in [0.5, 0.6) is 11.5 Å². The summed E-state index contributed by atoms with van der Waals surface area (Å²) in [4.78, 5) is 0.302. The van der Waals surface area contributed by atoms with E-state index in [-0.39, 0.29) is 6.04 Å². The maximum atomic E-state index is 13.0. The Hall–Kier alpha value is -2.05. The summed E-state index contributed by atoms with van der Waals surface area (Å²) < 4.78 is 39.5. The summed E-state index contributed by atoms with van der Waals surface area (Å²) in [6.45, 7) is 3.68. The van der Waals surface area contributed by atoms with Gasteiger partial charge in [-0.1, -0.05) is 6.07 Å². The first-order valence-corrected chi connectivity index (χ1v) is 10.2. The van der Waals surface area contributed by atoms with E-state index in [0.717, 1.165) is 41.7 Å². The van der Waals surface area contributed by atoms with Crippen LogP contribution in [0.4, 0.5) is 0 Å². The van der Waals surface area contributed by atoms with Gasteiger partial charge in [-0.2, -0.15) is 0 Å². The van der Waals surface area contributed by atoms with Crippen molar-refractivity contribution in [2.45, 2.75) is 44.0 Å². The first-order valence-electron chi connectivity index (χ1n) is 8.70. The molecule has 0 aromatic heterocycles. The van der Waals surface area contributed by atoms with Gasteiger partial charge in [-0.25, -0.2) is 13.1 Å². The number of hydrogen-bond donors (Lipinski definition) is 1. The lowest BCUT2D eigenvalue weighted by molar-refractivity contribution is 0.410. The molecule has 0 amide bonds. The predicted octanol–water partition coefficient (Wildman–Crippen LogP) is 3.68. The predicted molar refractivity (Wildman–Crippen MR) is 101 cm³/mol. The first kappa shape index (κ1) is 18.7. The molecule has 0 aliphatic heterocycles. The monoisotopic (exact) mass is 375 g/mol. The molecular weight excluding hydrogens is 350 g/mol. The van der Waals surface area contributed by atoms with Gasteiger partial charge in [-0.3, -0.25) is 0 Å². The zero-order chi connectivity index (χ0) is 18.9. The standard InChI is InChI=1S/C20H25NO4S/c1-13-14(2)20(11-10-19(13)25-4)26(22,23)21-18-7-5-6-15-12-16(24-3)8-9-17(15)18/h8-12,18,21H,5-7H2,1-4H3/t18-/m1/s1. The van der Waals surface area contributed by atoms with Crippen LogP contribution in [0.15, 0.2) is 35.2 Å². The fourth-order valence-electron chi connectivity index (χ4n) is 3.57. The number of rotatable bonds is 5. The minimum Gasteiger partial charge on any atom is -0.497 e. The van der Waals surface area contributed by atoms with Crippen molar-refractivity contribution in [1.82, 2.24) is 4.72 Å². The highest BCUT2D eigenvalue weighted by atomic mass is 32.2. The Balaban J connectivity index is 1.94. The number of nitrogens with one attached hydrogen (secondary N) is 1. The lowest BCUT2D eigenvalue weighted by Gasteiger charge is -2.27. The topological polar surface area (TPSA) is 64.6 Å². The second-order valence-electron chi connectivity index (χ2n) is 6.65. The van der Waals surface area contributed by atoms with Crippen LogP contribution in [0.25, 0.3) is 0 Å². The van der Waals surface area contributed by atoms with Gasteiger partial charge >= 0.3 is 0 Å². The maximum absolute atomic E-state index is 13.0. The van der Waals surface area contributed by atoms with Crippen molar-refractivity contribution in [3.05, 3.63) is 52.6 Å². The van der Waals surface area contributed by atoms with Crippen LogP contribution < -0.4 is 14.2 Å². The van der Waals surface area contributed by atoms with Crippen molar-refractivity contribution in [3.8, 4) is 11.5 Å². The Morgan fingerprint density at radius 2 is 1.81 bits per heavy atom. The molecule has 0 saturated carbocycles. The van der Waals surface area contributed by atoms with E-state index in [9.17, 15) is 8.42 Å². The van der Waals surface area contributed by atoms with Crippen LogP contribution in [0, 0.1) is 13.8 Å². The molecule has 0 bridgehead atoms. The van der Waals surface area contributed by atoms with Crippen LogP contribution in [-0.4, -0.2) is 22.6 Å². The van der Waals surface area contributed by atoms with Crippen LogP contribution in [0.3, 0.4) is 0 Å². The van der Waals surface area contributed by atoms with E-state index in [1.54, 1.807) is 26.4 Å². The lowest BCUT2D eigenvalue weighted by atomic mass is 9.88. The van der Waals surface area contributed by atoms with Gasteiger partial charge in [-0.15, -0.1) is 0 Å². The van der Waals surface area contributed by atoms with Gasteiger partial charge in [0.25, 0.3) is 0 Å². The summed E-state index contributed by atoms with van der Waals surface area (Å²) >= 11 is 0. The summed E-state index contributed by atoms with van der Waals surface area (Å²) in [5.74, 6) is 1.49. The fraction of sp³-hybridized carbons (Fsp3) is 0.400. The van der Waals surface area contributed by atoms with Crippen molar-refractivity contribution in [2.24, 2.45) is 0 Å². The number of aryl methyl sites for hydroxylation is 1. The van der Waals surface area contributed by atoms with Crippen LogP contribution >= 0.6 is 0 Å². The highest BCUT2D eigenvalue weighted by molar-refractivity contribution is 7.89. The van der Waals surface area contributed by atoms with Gasteiger partial charge in [0.2, 0.25) is 10.0 Å². The Morgan fingerprint density at radius 1 is 1.04 bits per heavy atom. The Bertz CT molecular complexity index is 922. The van der Waals surface area contributed by atoms with E-state index < -0.39 is 10.0 Å². The summed E-state index contributed by atoms with van der Waals surface area (Å²) in [5.41, 5.74) is 3.72. The third-order valence-corrected chi connectivity index (χ3v) is 6.78.